The summed E-state index contributed by atoms with van der Waals surface area (Å²) >= 11 is 0. The zero-order chi connectivity index (χ0) is 14.3. The van der Waals surface area contributed by atoms with Gasteiger partial charge in [-0.05, 0) is 12.5 Å². The lowest BCUT2D eigenvalue weighted by Crippen LogP contribution is -2.46. The van der Waals surface area contributed by atoms with E-state index in [9.17, 15) is 18.8 Å². The lowest BCUT2D eigenvalue weighted by atomic mass is 10.0. The zero-order valence-electron chi connectivity index (χ0n) is 9.95. The largest absolute Gasteiger partial charge is 0.477 e. The molecule has 3 amide bonds. The summed E-state index contributed by atoms with van der Waals surface area (Å²) in [6.45, 7) is 1.72. The molecule has 1 fully saturated rings. The molecule has 9 heteroatoms. The summed E-state index contributed by atoms with van der Waals surface area (Å²) in [7, 11) is 0. The third kappa shape index (κ3) is 2.12. The van der Waals surface area contributed by atoms with Crippen LogP contribution in [0.15, 0.2) is 11.6 Å². The maximum absolute atomic E-state index is 13.0. The molecule has 0 aliphatic carbocycles. The van der Waals surface area contributed by atoms with Crippen molar-refractivity contribution >= 4 is 17.9 Å². The summed E-state index contributed by atoms with van der Waals surface area (Å²) in [6.07, 6.45) is -1.17. The van der Waals surface area contributed by atoms with E-state index in [1.807, 2.05) is 0 Å². The van der Waals surface area contributed by atoms with Gasteiger partial charge in [0.25, 0.3) is 0 Å². The maximum atomic E-state index is 13.0. The van der Waals surface area contributed by atoms with Crippen LogP contribution >= 0.6 is 0 Å². The summed E-state index contributed by atoms with van der Waals surface area (Å²) in [5.74, 6) is -2.56. The molecule has 2 aliphatic heterocycles. The van der Waals surface area contributed by atoms with Crippen molar-refractivity contribution < 1.29 is 28.7 Å². The van der Waals surface area contributed by atoms with Crippen LogP contribution in [0.1, 0.15) is 6.92 Å². The van der Waals surface area contributed by atoms with Gasteiger partial charge in [0, 0.05) is 0 Å². The predicted molar refractivity (Wildman–Crippen MR) is 58.1 cm³/mol. The second-order valence-corrected chi connectivity index (χ2v) is 4.29. The summed E-state index contributed by atoms with van der Waals surface area (Å²) in [5, 5.41) is 9.07. The van der Waals surface area contributed by atoms with Gasteiger partial charge in [0.1, 0.15) is 12.1 Å². The molecule has 1 saturated heterocycles. The van der Waals surface area contributed by atoms with Gasteiger partial charge in [0.2, 0.25) is 5.91 Å². The molecule has 2 heterocycles. The highest BCUT2D eigenvalue weighted by Gasteiger charge is 2.48. The van der Waals surface area contributed by atoms with E-state index < -0.39 is 36.3 Å². The first-order valence-electron chi connectivity index (χ1n) is 5.44. The van der Waals surface area contributed by atoms with Crippen molar-refractivity contribution in [3.8, 4) is 0 Å². The Bertz CT molecular complexity index is 480. The van der Waals surface area contributed by atoms with E-state index in [0.29, 0.717) is 10.6 Å². The van der Waals surface area contributed by atoms with Crippen molar-refractivity contribution in [2.45, 2.75) is 25.4 Å². The highest BCUT2D eigenvalue weighted by atomic mass is 19.1. The molecule has 2 aliphatic rings. The van der Waals surface area contributed by atoms with E-state index in [-0.39, 0.29) is 6.54 Å². The monoisotopic (exact) mass is 273 g/mol. The van der Waals surface area contributed by atoms with Gasteiger partial charge in [-0.25, -0.2) is 18.8 Å². The molecule has 0 radical (unpaired) electrons. The van der Waals surface area contributed by atoms with Gasteiger partial charge in [0.05, 0.1) is 6.54 Å². The molecular weight excluding hydrogens is 261 g/mol. The van der Waals surface area contributed by atoms with E-state index in [0.717, 1.165) is 4.90 Å². The Labute approximate surface area is 107 Å². The molecule has 19 heavy (non-hydrogen) atoms. The van der Waals surface area contributed by atoms with Crippen molar-refractivity contribution in [1.29, 1.82) is 0 Å². The minimum atomic E-state index is -2.65. The van der Waals surface area contributed by atoms with Gasteiger partial charge in [-0.3, -0.25) is 4.79 Å². The number of aliphatic carboxylic acids is 1. The molecule has 8 nitrogen and oxygen atoms in total. The van der Waals surface area contributed by atoms with Crippen molar-refractivity contribution in [2.75, 3.05) is 6.54 Å². The SMILES string of the molecule is CC1=CC(C(N)=O)N2CC1N(OC(F)C(=O)O)C2=O. The first kappa shape index (κ1) is 13.3. The van der Waals surface area contributed by atoms with Crippen molar-refractivity contribution in [2.24, 2.45) is 5.73 Å². The van der Waals surface area contributed by atoms with Gasteiger partial charge >= 0.3 is 18.4 Å². The fourth-order valence-electron chi connectivity index (χ4n) is 2.11. The summed E-state index contributed by atoms with van der Waals surface area (Å²) < 4.78 is 13.0. The normalized spacial score (nSPS) is 27.3. The second-order valence-electron chi connectivity index (χ2n) is 4.29. The van der Waals surface area contributed by atoms with Crippen LogP contribution in [0.5, 0.6) is 0 Å². The number of hydrogen-bond donors (Lipinski definition) is 2. The number of hydroxylamine groups is 2. The molecule has 3 N–H and O–H groups in total. The topological polar surface area (TPSA) is 113 Å². The van der Waals surface area contributed by atoms with E-state index in [1.165, 1.54) is 6.08 Å². The van der Waals surface area contributed by atoms with Crippen LogP contribution in [0.3, 0.4) is 0 Å². The van der Waals surface area contributed by atoms with E-state index >= 15 is 0 Å². The first-order chi connectivity index (χ1) is 8.82. The van der Waals surface area contributed by atoms with Gasteiger partial charge in [-0.2, -0.15) is 5.06 Å². The smallest absolute Gasteiger partial charge is 0.368 e. The number of nitrogens with zero attached hydrogens (tertiary/aromatic N) is 2. The average Bonchev–Trinajstić information content (AvgIpc) is 2.60. The maximum Gasteiger partial charge on any atom is 0.368 e. The highest BCUT2D eigenvalue weighted by molar-refractivity contribution is 5.90. The Morgan fingerprint density at radius 1 is 1.63 bits per heavy atom. The standard InChI is InChI=1S/C10H12FN3O5/c1-4-2-5(8(12)15)13-3-6(4)14(10(13)18)19-7(11)9(16)17/h2,5-7H,3H2,1H3,(H2,12,15)(H,16,17). The number of carboxylic acid groups (broad SMARTS) is 1. The summed E-state index contributed by atoms with van der Waals surface area (Å²) in [6, 6.07) is -2.34. The number of carboxylic acids is 1. The van der Waals surface area contributed by atoms with Crippen LogP contribution < -0.4 is 5.73 Å². The number of primary amides is 1. The number of carbonyl (C=O) groups is 3. The number of alkyl halides is 1. The molecule has 0 saturated carbocycles. The van der Waals surface area contributed by atoms with Crippen LogP contribution in [-0.2, 0) is 14.4 Å². The fraction of sp³-hybridized carbons (Fsp3) is 0.500. The van der Waals surface area contributed by atoms with E-state index in [4.69, 9.17) is 10.8 Å². The molecule has 3 atom stereocenters. The number of nitrogens with two attached hydrogens (primary N) is 1. The van der Waals surface area contributed by atoms with Crippen molar-refractivity contribution in [3.05, 3.63) is 11.6 Å². The van der Waals surface area contributed by atoms with Gasteiger partial charge < -0.3 is 15.7 Å². The Kier molecular flexibility index (Phi) is 3.14. The molecule has 0 aromatic carbocycles. The van der Waals surface area contributed by atoms with E-state index in [1.54, 1.807) is 6.92 Å². The van der Waals surface area contributed by atoms with Gasteiger partial charge in [-0.15, -0.1) is 0 Å². The molecule has 3 unspecified atom stereocenters. The van der Waals surface area contributed by atoms with Crippen LogP contribution in [-0.4, -0.2) is 58.0 Å². The predicted octanol–water partition coefficient (Wildman–Crippen LogP) is -0.782. The molecule has 2 bridgehead atoms. The number of carbonyl (C=O) groups excluding carboxylic acids is 2. The molecule has 0 aromatic rings. The van der Waals surface area contributed by atoms with Crippen LogP contribution in [0.2, 0.25) is 0 Å². The Morgan fingerprint density at radius 2 is 2.26 bits per heavy atom. The molecule has 2 rings (SSSR count). The zero-order valence-corrected chi connectivity index (χ0v) is 9.95. The Morgan fingerprint density at radius 3 is 2.79 bits per heavy atom. The van der Waals surface area contributed by atoms with Crippen LogP contribution in [0.4, 0.5) is 9.18 Å². The molecular formula is C10H12FN3O5. The third-order valence-electron chi connectivity index (χ3n) is 3.06. The van der Waals surface area contributed by atoms with Gasteiger partial charge in [0.15, 0.2) is 0 Å². The number of amides is 3. The number of hydrogen-bond acceptors (Lipinski definition) is 4. The van der Waals surface area contributed by atoms with Crippen LogP contribution in [0.25, 0.3) is 0 Å². The molecule has 0 spiro atoms. The Hall–Kier alpha value is -2.16. The average molecular weight is 273 g/mol. The second kappa shape index (κ2) is 4.50. The number of rotatable bonds is 4. The minimum Gasteiger partial charge on any atom is -0.477 e. The van der Waals surface area contributed by atoms with Gasteiger partial charge in [-0.1, -0.05) is 6.08 Å². The summed E-state index contributed by atoms with van der Waals surface area (Å²) in [5.41, 5.74) is 5.75. The van der Waals surface area contributed by atoms with Crippen molar-refractivity contribution in [1.82, 2.24) is 9.96 Å². The number of halogens is 1. The number of fused-ring (bicyclic) bond motifs is 2. The highest BCUT2D eigenvalue weighted by Crippen LogP contribution is 2.30. The third-order valence-corrected chi connectivity index (χ3v) is 3.06. The minimum absolute atomic E-state index is 0.0983. The summed E-state index contributed by atoms with van der Waals surface area (Å²) in [4.78, 5) is 39.1. The van der Waals surface area contributed by atoms with Crippen molar-refractivity contribution in [3.63, 3.8) is 0 Å². The lowest BCUT2D eigenvalue weighted by Gasteiger charge is -2.26. The number of urea groups is 1. The van der Waals surface area contributed by atoms with Crippen LogP contribution in [0, 0.1) is 0 Å². The Balaban J connectivity index is 2.23. The lowest BCUT2D eigenvalue weighted by molar-refractivity contribution is -0.220. The fourth-order valence-corrected chi connectivity index (χ4v) is 2.11. The molecule has 104 valence electrons. The molecule has 0 aromatic heterocycles. The first-order valence-corrected chi connectivity index (χ1v) is 5.44. The van der Waals surface area contributed by atoms with E-state index in [2.05, 4.69) is 4.84 Å². The quantitative estimate of drug-likeness (QED) is 0.652.